The molecule has 0 spiro atoms. The number of hydrogen-bond acceptors (Lipinski definition) is 3. The van der Waals surface area contributed by atoms with Gasteiger partial charge in [0.2, 0.25) is 10.0 Å². The standard InChI is InChI=1S/C18H20ClNO4S/c1-12-5-4-6-13(2)16(12)11-17(18(21)22)20(3)25(23,24)15-9-7-14(19)8-10-15/h4-10,17H,11H2,1-3H3,(H,21,22). The van der Waals surface area contributed by atoms with Crippen molar-refractivity contribution in [3.63, 3.8) is 0 Å². The molecular formula is C18H20ClNO4S. The molecule has 25 heavy (non-hydrogen) atoms. The number of sulfonamides is 1. The molecule has 0 fully saturated rings. The van der Waals surface area contributed by atoms with Crippen molar-refractivity contribution in [2.45, 2.75) is 31.2 Å². The number of nitrogens with zero attached hydrogens (tertiary/aromatic N) is 1. The van der Waals surface area contributed by atoms with E-state index in [2.05, 4.69) is 0 Å². The molecule has 0 aliphatic carbocycles. The SMILES string of the molecule is Cc1cccc(C)c1CC(C(=O)O)N(C)S(=O)(=O)c1ccc(Cl)cc1. The highest BCUT2D eigenvalue weighted by Gasteiger charge is 2.33. The molecule has 5 nitrogen and oxygen atoms in total. The van der Waals surface area contributed by atoms with E-state index in [1.54, 1.807) is 0 Å². The van der Waals surface area contributed by atoms with E-state index >= 15 is 0 Å². The Morgan fingerprint density at radius 1 is 1.12 bits per heavy atom. The monoisotopic (exact) mass is 381 g/mol. The average Bonchev–Trinajstić information content (AvgIpc) is 2.54. The third-order valence-corrected chi connectivity index (χ3v) is 6.39. The zero-order chi connectivity index (χ0) is 18.8. The van der Waals surface area contributed by atoms with Crippen LogP contribution in [0.25, 0.3) is 0 Å². The molecule has 1 unspecified atom stereocenters. The predicted octanol–water partition coefficient (Wildman–Crippen LogP) is 3.27. The molecule has 2 aromatic rings. The van der Waals surface area contributed by atoms with E-state index in [1.807, 2.05) is 32.0 Å². The van der Waals surface area contributed by atoms with Crippen molar-refractivity contribution >= 4 is 27.6 Å². The van der Waals surface area contributed by atoms with Crippen LogP contribution in [0.4, 0.5) is 0 Å². The largest absolute Gasteiger partial charge is 0.480 e. The second kappa shape index (κ2) is 7.56. The lowest BCUT2D eigenvalue weighted by molar-refractivity contribution is -0.141. The Kier molecular flexibility index (Phi) is 5.87. The molecule has 1 N–H and O–H groups in total. The second-order valence-corrected chi connectivity index (χ2v) is 8.34. The van der Waals surface area contributed by atoms with Crippen LogP contribution in [-0.2, 0) is 21.2 Å². The van der Waals surface area contributed by atoms with Crippen molar-refractivity contribution < 1.29 is 18.3 Å². The van der Waals surface area contributed by atoms with Crippen LogP contribution >= 0.6 is 11.6 Å². The van der Waals surface area contributed by atoms with Crippen molar-refractivity contribution in [2.75, 3.05) is 7.05 Å². The van der Waals surface area contributed by atoms with Gasteiger partial charge in [-0.05, 0) is 54.8 Å². The van der Waals surface area contributed by atoms with E-state index in [4.69, 9.17) is 11.6 Å². The highest BCUT2D eigenvalue weighted by atomic mass is 35.5. The van der Waals surface area contributed by atoms with Gasteiger partial charge in [0, 0.05) is 18.5 Å². The van der Waals surface area contributed by atoms with Gasteiger partial charge in [0.05, 0.1) is 4.90 Å². The van der Waals surface area contributed by atoms with Crippen LogP contribution in [0.15, 0.2) is 47.4 Å². The van der Waals surface area contributed by atoms with Crippen LogP contribution in [0.1, 0.15) is 16.7 Å². The van der Waals surface area contributed by atoms with Gasteiger partial charge in [-0.15, -0.1) is 0 Å². The Morgan fingerprint density at radius 3 is 2.12 bits per heavy atom. The topological polar surface area (TPSA) is 74.7 Å². The fourth-order valence-electron chi connectivity index (χ4n) is 2.68. The van der Waals surface area contributed by atoms with E-state index in [-0.39, 0.29) is 11.3 Å². The zero-order valence-electron chi connectivity index (χ0n) is 14.2. The number of benzene rings is 2. The lowest BCUT2D eigenvalue weighted by Gasteiger charge is -2.25. The van der Waals surface area contributed by atoms with Gasteiger partial charge in [0.25, 0.3) is 0 Å². The molecule has 0 saturated heterocycles. The van der Waals surface area contributed by atoms with Crippen LogP contribution in [0, 0.1) is 13.8 Å². The molecule has 1 atom stereocenters. The van der Waals surface area contributed by atoms with Gasteiger partial charge in [-0.1, -0.05) is 29.8 Å². The van der Waals surface area contributed by atoms with E-state index in [1.165, 1.54) is 31.3 Å². The Balaban J connectivity index is 2.39. The van der Waals surface area contributed by atoms with E-state index in [9.17, 15) is 18.3 Å². The van der Waals surface area contributed by atoms with Crippen LogP contribution in [0.5, 0.6) is 0 Å². The number of carboxylic acid groups (broad SMARTS) is 1. The van der Waals surface area contributed by atoms with Crippen molar-refractivity contribution in [1.29, 1.82) is 0 Å². The number of likely N-dealkylation sites (N-methyl/N-ethyl adjacent to an activating group) is 1. The number of rotatable bonds is 6. The van der Waals surface area contributed by atoms with Gasteiger partial charge in [-0.3, -0.25) is 4.79 Å². The summed E-state index contributed by atoms with van der Waals surface area (Å²) in [4.78, 5) is 11.8. The average molecular weight is 382 g/mol. The first-order valence-corrected chi connectivity index (χ1v) is 9.48. The first-order valence-electron chi connectivity index (χ1n) is 7.66. The van der Waals surface area contributed by atoms with Gasteiger partial charge in [-0.25, -0.2) is 8.42 Å². The maximum Gasteiger partial charge on any atom is 0.322 e. The number of carbonyl (C=O) groups is 1. The van der Waals surface area contributed by atoms with Crippen LogP contribution in [0.2, 0.25) is 5.02 Å². The van der Waals surface area contributed by atoms with Gasteiger partial charge in [0.1, 0.15) is 6.04 Å². The van der Waals surface area contributed by atoms with Gasteiger partial charge >= 0.3 is 5.97 Å². The summed E-state index contributed by atoms with van der Waals surface area (Å²) in [7, 11) is -2.66. The predicted molar refractivity (Wildman–Crippen MR) is 97.4 cm³/mol. The Morgan fingerprint density at radius 2 is 1.64 bits per heavy atom. The molecule has 0 aromatic heterocycles. The Hall–Kier alpha value is -1.89. The van der Waals surface area contributed by atoms with Crippen LogP contribution < -0.4 is 0 Å². The summed E-state index contributed by atoms with van der Waals surface area (Å²) in [6, 6.07) is 10.1. The lowest BCUT2D eigenvalue weighted by atomic mass is 9.96. The summed E-state index contributed by atoms with van der Waals surface area (Å²) in [5.74, 6) is -1.19. The second-order valence-electron chi connectivity index (χ2n) is 5.90. The highest BCUT2D eigenvalue weighted by molar-refractivity contribution is 7.89. The van der Waals surface area contributed by atoms with E-state index < -0.39 is 22.0 Å². The molecule has 0 bridgehead atoms. The molecule has 0 saturated carbocycles. The smallest absolute Gasteiger partial charge is 0.322 e. The fourth-order valence-corrected chi connectivity index (χ4v) is 4.11. The molecule has 0 amide bonds. The fraction of sp³-hybridized carbons (Fsp3) is 0.278. The highest BCUT2D eigenvalue weighted by Crippen LogP contribution is 2.23. The minimum absolute atomic E-state index is 0.00663. The molecule has 2 rings (SSSR count). The molecule has 0 aliphatic heterocycles. The van der Waals surface area contributed by atoms with Crippen molar-refractivity contribution in [1.82, 2.24) is 4.31 Å². The minimum atomic E-state index is -3.95. The normalized spacial score (nSPS) is 13.0. The summed E-state index contributed by atoms with van der Waals surface area (Å²) in [6.45, 7) is 3.77. The number of aryl methyl sites for hydroxylation is 2. The quantitative estimate of drug-likeness (QED) is 0.833. The molecule has 134 valence electrons. The summed E-state index contributed by atoms with van der Waals surface area (Å²) in [5, 5.41) is 10.0. The number of halogens is 1. The Bertz CT molecular complexity index is 858. The number of hydrogen-bond donors (Lipinski definition) is 1. The van der Waals surface area contributed by atoms with E-state index in [0.29, 0.717) is 5.02 Å². The third kappa shape index (κ3) is 4.21. The van der Waals surface area contributed by atoms with Crippen molar-refractivity contribution in [3.05, 3.63) is 64.2 Å². The first kappa shape index (κ1) is 19.4. The molecular weight excluding hydrogens is 362 g/mol. The summed E-state index contributed by atoms with van der Waals surface area (Å²) in [5.41, 5.74) is 2.71. The maximum atomic E-state index is 12.8. The first-order chi connectivity index (χ1) is 11.6. The zero-order valence-corrected chi connectivity index (χ0v) is 15.8. The van der Waals surface area contributed by atoms with Gasteiger partial charge in [-0.2, -0.15) is 4.31 Å². The Labute approximate surface area is 152 Å². The molecule has 2 aromatic carbocycles. The maximum absolute atomic E-state index is 12.8. The van der Waals surface area contributed by atoms with Crippen molar-refractivity contribution in [2.24, 2.45) is 0 Å². The van der Waals surface area contributed by atoms with Gasteiger partial charge < -0.3 is 5.11 Å². The number of carboxylic acids is 1. The molecule has 0 aliphatic rings. The van der Waals surface area contributed by atoms with Crippen LogP contribution in [0.3, 0.4) is 0 Å². The molecule has 0 heterocycles. The molecule has 0 radical (unpaired) electrons. The lowest BCUT2D eigenvalue weighted by Crippen LogP contribution is -2.44. The van der Waals surface area contributed by atoms with Gasteiger partial charge in [0.15, 0.2) is 0 Å². The van der Waals surface area contributed by atoms with E-state index in [0.717, 1.165) is 21.0 Å². The van der Waals surface area contributed by atoms with Crippen LogP contribution in [-0.4, -0.2) is 36.9 Å². The minimum Gasteiger partial charge on any atom is -0.480 e. The molecule has 7 heteroatoms. The number of aliphatic carboxylic acids is 1. The van der Waals surface area contributed by atoms with Crippen molar-refractivity contribution in [3.8, 4) is 0 Å². The summed E-state index contributed by atoms with van der Waals surface area (Å²) >= 11 is 5.79. The summed E-state index contributed by atoms with van der Waals surface area (Å²) < 4.78 is 26.4. The summed E-state index contributed by atoms with van der Waals surface area (Å²) in [6.07, 6.45) is 0.0944. The third-order valence-electron chi connectivity index (χ3n) is 4.26.